The van der Waals surface area contributed by atoms with Crippen molar-refractivity contribution in [1.82, 2.24) is 16.0 Å². The maximum absolute atomic E-state index is 12.4. The summed E-state index contributed by atoms with van der Waals surface area (Å²) in [5, 5.41) is 8.77. The van der Waals surface area contributed by atoms with E-state index in [0.717, 1.165) is 5.56 Å². The predicted octanol–water partition coefficient (Wildman–Crippen LogP) is 3.13. The first kappa shape index (κ1) is 26.3. The summed E-state index contributed by atoms with van der Waals surface area (Å²) in [4.78, 5) is 15.6. The Morgan fingerprint density at radius 3 is 2.50 bits per heavy atom. The van der Waals surface area contributed by atoms with E-state index < -0.39 is 12.8 Å². The standard InChI is InChI=1S/C18H27F3N4O2.HI/c1-12(2)25-16(26)7-8-23-17(22-4)24-10-14-6-5-13(3)9-15(14)27-11-18(19,20)21;/h5-6,9,12H,7-8,10-11H2,1-4H3,(H,25,26)(H2,22,23,24);1H. The molecule has 0 aromatic heterocycles. The number of carbonyl (C=O) groups is 1. The van der Waals surface area contributed by atoms with Crippen LogP contribution in [0.4, 0.5) is 13.2 Å². The minimum absolute atomic E-state index is 0. The fourth-order valence-corrected chi connectivity index (χ4v) is 2.19. The lowest BCUT2D eigenvalue weighted by Crippen LogP contribution is -2.39. The van der Waals surface area contributed by atoms with Crippen LogP contribution in [-0.2, 0) is 11.3 Å². The van der Waals surface area contributed by atoms with Crippen LogP contribution in [-0.4, -0.2) is 44.3 Å². The lowest BCUT2D eigenvalue weighted by Gasteiger charge is -2.16. The van der Waals surface area contributed by atoms with Crippen molar-refractivity contribution in [3.05, 3.63) is 29.3 Å². The fraction of sp³-hybridized carbons (Fsp3) is 0.556. The van der Waals surface area contributed by atoms with Crippen LogP contribution in [0.2, 0.25) is 0 Å². The molecular weight excluding hydrogens is 488 g/mol. The Balaban J connectivity index is 0.00000729. The summed E-state index contributed by atoms with van der Waals surface area (Å²) in [5.41, 5.74) is 1.37. The second kappa shape index (κ2) is 12.7. The van der Waals surface area contributed by atoms with Crippen LogP contribution in [0.15, 0.2) is 23.2 Å². The van der Waals surface area contributed by atoms with E-state index in [9.17, 15) is 18.0 Å². The van der Waals surface area contributed by atoms with Crippen LogP contribution < -0.4 is 20.7 Å². The minimum atomic E-state index is -4.40. The van der Waals surface area contributed by atoms with Gasteiger partial charge < -0.3 is 20.7 Å². The molecule has 0 saturated heterocycles. The molecule has 28 heavy (non-hydrogen) atoms. The van der Waals surface area contributed by atoms with Crippen molar-refractivity contribution in [2.45, 2.75) is 46.0 Å². The highest BCUT2D eigenvalue weighted by Gasteiger charge is 2.28. The SMILES string of the molecule is CN=C(NCCC(=O)NC(C)C)NCc1ccc(C)cc1OCC(F)(F)F.I. The van der Waals surface area contributed by atoms with Gasteiger partial charge in [-0.15, -0.1) is 24.0 Å². The van der Waals surface area contributed by atoms with Gasteiger partial charge in [0.1, 0.15) is 5.75 Å². The molecule has 1 aromatic rings. The van der Waals surface area contributed by atoms with Crippen molar-refractivity contribution in [2.24, 2.45) is 4.99 Å². The fourth-order valence-electron chi connectivity index (χ4n) is 2.19. The largest absolute Gasteiger partial charge is 0.484 e. The third-order valence-electron chi connectivity index (χ3n) is 3.38. The number of nitrogens with zero attached hydrogens (tertiary/aromatic N) is 1. The van der Waals surface area contributed by atoms with E-state index >= 15 is 0 Å². The number of rotatable bonds is 8. The number of aliphatic imine (C=N–C) groups is 1. The van der Waals surface area contributed by atoms with E-state index in [0.29, 0.717) is 18.1 Å². The highest BCUT2D eigenvalue weighted by atomic mass is 127. The Bertz CT molecular complexity index is 652. The molecule has 160 valence electrons. The molecular formula is C18H28F3IN4O2. The normalized spacial score (nSPS) is 11.6. The van der Waals surface area contributed by atoms with Gasteiger partial charge in [-0.05, 0) is 32.4 Å². The van der Waals surface area contributed by atoms with Crippen molar-refractivity contribution in [2.75, 3.05) is 20.2 Å². The van der Waals surface area contributed by atoms with Gasteiger partial charge >= 0.3 is 6.18 Å². The molecule has 0 aliphatic carbocycles. The van der Waals surface area contributed by atoms with Crippen LogP contribution in [0.3, 0.4) is 0 Å². The first-order valence-corrected chi connectivity index (χ1v) is 8.63. The number of hydrogen-bond donors (Lipinski definition) is 3. The number of carbonyl (C=O) groups excluding carboxylic acids is 1. The van der Waals surface area contributed by atoms with Gasteiger partial charge in [-0.3, -0.25) is 9.79 Å². The maximum Gasteiger partial charge on any atom is 0.422 e. The molecule has 0 saturated carbocycles. The summed E-state index contributed by atoms with van der Waals surface area (Å²) in [6, 6.07) is 5.14. The summed E-state index contributed by atoms with van der Waals surface area (Å²) in [5.74, 6) is 0.538. The molecule has 0 radical (unpaired) electrons. The van der Waals surface area contributed by atoms with Gasteiger partial charge in [-0.25, -0.2) is 0 Å². The van der Waals surface area contributed by atoms with Crippen molar-refractivity contribution < 1.29 is 22.7 Å². The number of aryl methyl sites for hydroxylation is 1. The van der Waals surface area contributed by atoms with Gasteiger partial charge in [0.2, 0.25) is 5.91 Å². The number of nitrogens with one attached hydrogen (secondary N) is 3. The van der Waals surface area contributed by atoms with Crippen molar-refractivity contribution in [1.29, 1.82) is 0 Å². The molecule has 0 aliphatic heterocycles. The molecule has 0 spiro atoms. The van der Waals surface area contributed by atoms with Gasteiger partial charge in [-0.1, -0.05) is 12.1 Å². The molecule has 1 amide bonds. The summed E-state index contributed by atoms with van der Waals surface area (Å²) in [7, 11) is 1.57. The van der Waals surface area contributed by atoms with Gasteiger partial charge in [0.15, 0.2) is 12.6 Å². The molecule has 1 aromatic carbocycles. The van der Waals surface area contributed by atoms with Gasteiger partial charge in [0.05, 0.1) is 0 Å². The Morgan fingerprint density at radius 1 is 1.25 bits per heavy atom. The van der Waals surface area contributed by atoms with Crippen molar-refractivity contribution >= 4 is 35.8 Å². The number of guanidine groups is 1. The topological polar surface area (TPSA) is 74.8 Å². The van der Waals surface area contributed by atoms with Crippen LogP contribution in [0.25, 0.3) is 0 Å². The number of alkyl halides is 3. The van der Waals surface area contributed by atoms with Crippen LogP contribution >= 0.6 is 24.0 Å². The van der Waals surface area contributed by atoms with Crippen LogP contribution in [0, 0.1) is 6.92 Å². The lowest BCUT2D eigenvalue weighted by molar-refractivity contribution is -0.153. The van der Waals surface area contributed by atoms with Crippen molar-refractivity contribution in [3.8, 4) is 5.75 Å². The quantitative estimate of drug-likeness (QED) is 0.282. The second-order valence-electron chi connectivity index (χ2n) is 6.34. The van der Waals surface area contributed by atoms with Crippen molar-refractivity contribution in [3.63, 3.8) is 0 Å². The highest BCUT2D eigenvalue weighted by molar-refractivity contribution is 14.0. The molecule has 1 rings (SSSR count). The molecule has 3 N–H and O–H groups in total. The number of benzene rings is 1. The lowest BCUT2D eigenvalue weighted by atomic mass is 10.1. The van der Waals surface area contributed by atoms with Crippen LogP contribution in [0.1, 0.15) is 31.4 Å². The molecule has 10 heteroatoms. The average Bonchev–Trinajstić information content (AvgIpc) is 2.55. The molecule has 0 unspecified atom stereocenters. The minimum Gasteiger partial charge on any atom is -0.484 e. The third-order valence-corrected chi connectivity index (χ3v) is 3.38. The first-order valence-electron chi connectivity index (χ1n) is 8.63. The smallest absolute Gasteiger partial charge is 0.422 e. The second-order valence-corrected chi connectivity index (χ2v) is 6.34. The van der Waals surface area contributed by atoms with E-state index in [2.05, 4.69) is 20.9 Å². The molecule has 0 atom stereocenters. The summed E-state index contributed by atoms with van der Waals surface area (Å²) < 4.78 is 42.2. The first-order chi connectivity index (χ1) is 12.6. The molecule has 0 bridgehead atoms. The molecule has 0 fully saturated rings. The predicted molar refractivity (Wildman–Crippen MR) is 114 cm³/mol. The Morgan fingerprint density at radius 2 is 1.93 bits per heavy atom. The Labute approximate surface area is 180 Å². The zero-order valence-corrected chi connectivity index (χ0v) is 18.8. The number of hydrogen-bond acceptors (Lipinski definition) is 3. The van der Waals surface area contributed by atoms with E-state index in [-0.39, 0.29) is 54.6 Å². The van der Waals surface area contributed by atoms with E-state index in [1.54, 1.807) is 32.2 Å². The van der Waals surface area contributed by atoms with Gasteiger partial charge in [-0.2, -0.15) is 13.2 Å². The zero-order chi connectivity index (χ0) is 20.4. The number of amides is 1. The van der Waals surface area contributed by atoms with Crippen LogP contribution in [0.5, 0.6) is 5.75 Å². The monoisotopic (exact) mass is 516 g/mol. The van der Waals surface area contributed by atoms with E-state index in [1.165, 1.54) is 0 Å². The summed E-state index contributed by atoms with van der Waals surface area (Å²) in [6.45, 7) is 4.80. The third kappa shape index (κ3) is 11.2. The number of ether oxygens (including phenoxy) is 1. The Kier molecular flexibility index (Phi) is 11.9. The van der Waals surface area contributed by atoms with E-state index in [1.807, 2.05) is 13.8 Å². The molecule has 0 heterocycles. The Hall–Kier alpha value is -1.72. The maximum atomic E-state index is 12.4. The van der Waals surface area contributed by atoms with E-state index in [4.69, 9.17) is 4.74 Å². The zero-order valence-electron chi connectivity index (χ0n) is 16.4. The summed E-state index contributed by atoms with van der Waals surface area (Å²) >= 11 is 0. The van der Waals surface area contributed by atoms with Gasteiger partial charge in [0.25, 0.3) is 0 Å². The number of halogens is 4. The average molecular weight is 516 g/mol. The molecule has 0 aliphatic rings. The highest BCUT2D eigenvalue weighted by Crippen LogP contribution is 2.23. The van der Waals surface area contributed by atoms with Gasteiger partial charge in [0, 0.05) is 38.2 Å². The summed E-state index contributed by atoms with van der Waals surface area (Å²) in [6.07, 6.45) is -4.12. The molecule has 6 nitrogen and oxygen atoms in total.